The number of aromatic nitrogens is 2. The van der Waals surface area contributed by atoms with Crippen molar-refractivity contribution in [1.29, 1.82) is 0 Å². The van der Waals surface area contributed by atoms with Gasteiger partial charge in [0, 0.05) is 43.9 Å². The maximum atomic E-state index is 14.5. The summed E-state index contributed by atoms with van der Waals surface area (Å²) in [6.07, 6.45) is -2.58. The molecule has 1 saturated heterocycles. The first-order valence-electron chi connectivity index (χ1n) is 5.84. The van der Waals surface area contributed by atoms with Crippen LogP contribution >= 0.6 is 0 Å². The Morgan fingerprint density at radius 1 is 1.67 bits per heavy atom. The molecule has 1 aromatic heterocycles. The van der Waals surface area contributed by atoms with Gasteiger partial charge in [-0.1, -0.05) is 0 Å². The third-order valence-electron chi connectivity index (χ3n) is 3.19. The Morgan fingerprint density at radius 3 is 2.81 bits per heavy atom. The molecule has 118 valence electrons. The van der Waals surface area contributed by atoms with Crippen LogP contribution in [0.5, 0.6) is 0 Å². The first kappa shape index (κ1) is 18.5. The number of aliphatic hydroxyl groups is 2. The average Bonchev–Trinajstić information content (AvgIpc) is 2.62. The predicted molar refractivity (Wildman–Crippen MR) is 64.7 cm³/mol. The van der Waals surface area contributed by atoms with Crippen LogP contribution in [0, 0.1) is 37.7 Å². The van der Waals surface area contributed by atoms with E-state index in [1.165, 1.54) is 12.3 Å². The number of amides is 1. The van der Waals surface area contributed by atoms with E-state index in [9.17, 15) is 19.1 Å². The van der Waals surface area contributed by atoms with Gasteiger partial charge in [0.2, 0.25) is 6.41 Å². The Morgan fingerprint density at radius 2 is 2.33 bits per heavy atom. The minimum atomic E-state index is -2.27. The molecule has 1 aliphatic heterocycles. The molecule has 2 rings (SSSR count). The normalized spacial score (nSPS) is 31.5. The first-order valence-corrected chi connectivity index (χ1v) is 5.84. The van der Waals surface area contributed by atoms with E-state index in [-0.39, 0.29) is 43.6 Å². The molecule has 0 unspecified atom stereocenters. The smallest absolute Gasteiger partial charge is 0.351 e. The van der Waals surface area contributed by atoms with Crippen molar-refractivity contribution < 1.29 is 61.9 Å². The molecule has 0 bridgehead atoms. The zero-order valence-corrected chi connectivity index (χ0v) is 11.6. The van der Waals surface area contributed by atoms with Gasteiger partial charge >= 0.3 is 5.69 Å². The van der Waals surface area contributed by atoms with E-state index < -0.39 is 36.4 Å². The molecule has 4 atom stereocenters. The number of alkyl halides is 1. The van der Waals surface area contributed by atoms with Crippen LogP contribution < -0.4 is 11.0 Å². The molecule has 3 N–H and O–H groups in total. The van der Waals surface area contributed by atoms with E-state index in [0.29, 0.717) is 6.41 Å². The molecule has 2 heterocycles. The molecular weight excluding hydrogens is 313 g/mol. The van der Waals surface area contributed by atoms with E-state index >= 15 is 0 Å². The minimum absolute atomic E-state index is 0. The molecule has 0 radical (unpaired) electrons. The fourth-order valence-corrected chi connectivity index (χ4v) is 2.09. The number of anilines is 1. The van der Waals surface area contributed by atoms with Gasteiger partial charge in [-0.25, -0.2) is 9.18 Å². The zero-order chi connectivity index (χ0) is 14.9. The summed E-state index contributed by atoms with van der Waals surface area (Å²) < 4.78 is 20.5. The van der Waals surface area contributed by atoms with Gasteiger partial charge < -0.3 is 20.3 Å². The summed E-state index contributed by atoms with van der Waals surface area (Å²) in [7, 11) is 0. The van der Waals surface area contributed by atoms with E-state index in [1.54, 1.807) is 0 Å². The van der Waals surface area contributed by atoms with Crippen molar-refractivity contribution in [3.8, 4) is 0 Å². The number of nitrogens with one attached hydrogen (secondary N) is 1. The maximum Gasteiger partial charge on any atom is 0.351 e. The number of carbonyl (C=O) groups is 1. The van der Waals surface area contributed by atoms with E-state index in [1.807, 2.05) is 0 Å². The number of nitrogens with zero attached hydrogens (tertiary/aromatic N) is 2. The SMILES string of the molecule is C[C@@]1(F)[C@H](O)[C@@H](CO)O[C@H]1n1ccc(NC=O)nc1=O.[Ar]. The van der Waals surface area contributed by atoms with Gasteiger partial charge in [0.1, 0.15) is 18.0 Å². The molecule has 0 aliphatic carbocycles. The maximum absolute atomic E-state index is 14.5. The molecule has 1 aromatic rings. The number of ether oxygens (including phenoxy) is 1. The Kier molecular flexibility index (Phi) is 6.26. The molecule has 10 heteroatoms. The van der Waals surface area contributed by atoms with Crippen molar-refractivity contribution in [2.45, 2.75) is 31.0 Å². The van der Waals surface area contributed by atoms with Gasteiger partial charge in [0.15, 0.2) is 11.9 Å². The molecule has 1 aliphatic rings. The number of carbonyl (C=O) groups excluding carboxylic acids is 1. The molecule has 0 saturated carbocycles. The molecule has 0 spiro atoms. The van der Waals surface area contributed by atoms with Gasteiger partial charge in [-0.05, 0) is 13.0 Å². The summed E-state index contributed by atoms with van der Waals surface area (Å²) in [4.78, 5) is 25.6. The van der Waals surface area contributed by atoms with Gasteiger partial charge in [-0.3, -0.25) is 9.36 Å². The summed E-state index contributed by atoms with van der Waals surface area (Å²) in [5, 5.41) is 20.9. The Hall–Kier alpha value is -0.580. The van der Waals surface area contributed by atoms with Crippen molar-refractivity contribution in [2.75, 3.05) is 11.9 Å². The van der Waals surface area contributed by atoms with Crippen LogP contribution in [-0.4, -0.2) is 50.7 Å². The molecular formula is C11H14ArFN3O5. The van der Waals surface area contributed by atoms with Gasteiger partial charge in [0.25, 0.3) is 0 Å². The van der Waals surface area contributed by atoms with Gasteiger partial charge in [-0.2, -0.15) is 4.98 Å². The second kappa shape index (κ2) is 7.12. The number of halogens is 1. The quantitative estimate of drug-likeness (QED) is 0.598. The number of rotatable bonds is 4. The fraction of sp³-hybridized carbons (Fsp3) is 0.545. The van der Waals surface area contributed by atoms with Crippen LogP contribution in [0.1, 0.15) is 13.2 Å². The van der Waals surface area contributed by atoms with E-state index in [2.05, 4.69) is 10.3 Å². The summed E-state index contributed by atoms with van der Waals surface area (Å²) in [6.45, 7) is 0.492. The summed E-state index contributed by atoms with van der Waals surface area (Å²) in [6, 6.07) is 1.29. The van der Waals surface area contributed by atoms with Crippen LogP contribution in [0.3, 0.4) is 0 Å². The topological polar surface area (TPSA) is 114 Å². The van der Waals surface area contributed by atoms with Crippen LogP contribution in [0.25, 0.3) is 0 Å². The molecule has 1 amide bonds. The van der Waals surface area contributed by atoms with E-state index in [0.717, 1.165) is 11.5 Å². The van der Waals surface area contributed by atoms with Gasteiger partial charge in [-0.15, -0.1) is 0 Å². The van der Waals surface area contributed by atoms with Gasteiger partial charge in [0.05, 0.1) is 6.61 Å². The largest absolute Gasteiger partial charge is 0.394 e. The summed E-state index contributed by atoms with van der Waals surface area (Å²) >= 11 is 0. The van der Waals surface area contributed by atoms with Crippen molar-refractivity contribution in [3.05, 3.63) is 22.7 Å². The van der Waals surface area contributed by atoms with Crippen LogP contribution in [-0.2, 0) is 9.53 Å². The number of hydrogen-bond acceptors (Lipinski definition) is 6. The van der Waals surface area contributed by atoms with Crippen LogP contribution in [0.4, 0.5) is 10.2 Å². The predicted octanol–water partition coefficient (Wildman–Crippen LogP) is -1.21. The van der Waals surface area contributed by atoms with Crippen molar-refractivity contribution >= 4 is 12.2 Å². The summed E-state index contributed by atoms with van der Waals surface area (Å²) in [5.41, 5.74) is -3.12. The van der Waals surface area contributed by atoms with Crippen molar-refractivity contribution in [2.24, 2.45) is 0 Å². The van der Waals surface area contributed by atoms with Crippen LogP contribution in [0.15, 0.2) is 17.1 Å². The molecule has 0 aromatic carbocycles. The molecule has 1 fully saturated rings. The van der Waals surface area contributed by atoms with E-state index in [4.69, 9.17) is 9.84 Å². The number of hydrogen-bond donors (Lipinski definition) is 3. The Bertz CT molecular complexity index is 567. The first-order chi connectivity index (χ1) is 9.41. The van der Waals surface area contributed by atoms with Crippen LogP contribution in [0.2, 0.25) is 0 Å². The average molecular weight is 327 g/mol. The standard InChI is InChI=1S/C11H14FN3O5.Ar/c1-11(12)8(18)6(4-16)20-9(11)15-3-2-7(13-5-17)14-10(15)19;/h2-3,5-6,8-9,16,18H,4H2,1H3,(H,13,14,17,19);/t6-,8-,9-,11-;/m1./s1. The fourth-order valence-electron chi connectivity index (χ4n) is 2.09. The minimum Gasteiger partial charge on any atom is -0.394 e. The molecule has 8 nitrogen and oxygen atoms in total. The monoisotopic (exact) mass is 327 g/mol. The third-order valence-corrected chi connectivity index (χ3v) is 3.19. The summed E-state index contributed by atoms with van der Waals surface area (Å²) in [5.74, 6) is 0.0130. The number of aliphatic hydroxyl groups excluding tert-OH is 2. The van der Waals surface area contributed by atoms with Crippen molar-refractivity contribution in [1.82, 2.24) is 9.55 Å². The third kappa shape index (κ3) is 3.43. The second-order valence-corrected chi connectivity index (χ2v) is 4.57. The zero-order valence-electron chi connectivity index (χ0n) is 10.9. The molecule has 21 heavy (non-hydrogen) atoms. The Balaban J connectivity index is 0.00000220. The second-order valence-electron chi connectivity index (χ2n) is 4.57. The van der Waals surface area contributed by atoms with Crippen molar-refractivity contribution in [3.63, 3.8) is 0 Å². The Labute approximate surface area is 148 Å².